The number of carbonyl (C=O) groups excluding carboxylic acids is 2. The summed E-state index contributed by atoms with van der Waals surface area (Å²) in [6.07, 6.45) is 3.44. The number of esters is 1. The molecule has 8 heteroatoms. The first-order chi connectivity index (χ1) is 13.4. The van der Waals surface area contributed by atoms with Gasteiger partial charge in [0, 0.05) is 29.3 Å². The molecule has 0 aliphatic carbocycles. The standard InChI is InChI=1S/C20H25Cl2N3O3/c1-3-28-19(26)17-16(12-25-9-5-4-6-10-25)24(2)20(27)23-18(17)14-8-7-13(21)11-15(14)22/h7-8,11,18H,3-6,9-10,12H2,1-2H3,(H,23,27)/t18-/m1/s1. The van der Waals surface area contributed by atoms with Crippen molar-refractivity contribution < 1.29 is 14.3 Å². The number of likely N-dealkylation sites (N-methyl/N-ethyl adjacent to an activating group) is 1. The van der Waals surface area contributed by atoms with E-state index in [0.717, 1.165) is 25.9 Å². The molecule has 0 aromatic heterocycles. The summed E-state index contributed by atoms with van der Waals surface area (Å²) in [6, 6.07) is 4.07. The van der Waals surface area contributed by atoms with Crippen molar-refractivity contribution in [1.29, 1.82) is 0 Å². The predicted molar refractivity (Wildman–Crippen MR) is 109 cm³/mol. The van der Waals surface area contributed by atoms with Gasteiger partial charge in [-0.05, 0) is 50.6 Å². The molecule has 0 bridgehead atoms. The fourth-order valence-electron chi connectivity index (χ4n) is 3.70. The highest BCUT2D eigenvalue weighted by Crippen LogP contribution is 2.36. The Balaban J connectivity index is 2.07. The van der Waals surface area contributed by atoms with Gasteiger partial charge < -0.3 is 10.1 Å². The van der Waals surface area contributed by atoms with Crippen molar-refractivity contribution in [3.05, 3.63) is 45.1 Å². The first-order valence-corrected chi connectivity index (χ1v) is 10.3. The summed E-state index contributed by atoms with van der Waals surface area (Å²) < 4.78 is 5.34. The lowest BCUT2D eigenvalue weighted by molar-refractivity contribution is -0.139. The first-order valence-electron chi connectivity index (χ1n) is 9.54. The Morgan fingerprint density at radius 1 is 1.25 bits per heavy atom. The summed E-state index contributed by atoms with van der Waals surface area (Å²) in [6.45, 7) is 4.42. The second kappa shape index (κ2) is 9.16. The van der Waals surface area contributed by atoms with Gasteiger partial charge in [-0.3, -0.25) is 9.80 Å². The summed E-state index contributed by atoms with van der Waals surface area (Å²) in [4.78, 5) is 29.4. The predicted octanol–water partition coefficient (Wildman–Crippen LogP) is 3.99. The highest BCUT2D eigenvalue weighted by molar-refractivity contribution is 6.35. The van der Waals surface area contributed by atoms with Gasteiger partial charge in [-0.1, -0.05) is 35.7 Å². The number of nitrogens with zero attached hydrogens (tertiary/aromatic N) is 2. The number of benzene rings is 1. The third kappa shape index (κ3) is 4.45. The van der Waals surface area contributed by atoms with Crippen LogP contribution in [-0.4, -0.2) is 55.1 Å². The van der Waals surface area contributed by atoms with Crippen LogP contribution in [-0.2, 0) is 9.53 Å². The summed E-state index contributed by atoms with van der Waals surface area (Å²) in [5, 5.41) is 3.76. The van der Waals surface area contributed by atoms with Crippen molar-refractivity contribution in [2.75, 3.05) is 33.3 Å². The third-order valence-corrected chi connectivity index (χ3v) is 5.73. The van der Waals surface area contributed by atoms with Crippen LogP contribution in [0.15, 0.2) is 29.5 Å². The molecule has 1 aromatic carbocycles. The number of nitrogens with one attached hydrogen (secondary N) is 1. The molecule has 28 heavy (non-hydrogen) atoms. The van der Waals surface area contributed by atoms with Crippen molar-refractivity contribution in [1.82, 2.24) is 15.1 Å². The van der Waals surface area contributed by atoms with E-state index in [2.05, 4.69) is 10.2 Å². The zero-order valence-electron chi connectivity index (χ0n) is 16.1. The molecule has 1 saturated heterocycles. The number of piperidine rings is 1. The van der Waals surface area contributed by atoms with Gasteiger partial charge in [-0.25, -0.2) is 9.59 Å². The Kier molecular flexibility index (Phi) is 6.86. The molecule has 2 aliphatic heterocycles. The molecule has 3 rings (SSSR count). The molecular formula is C20H25Cl2N3O3. The molecule has 0 saturated carbocycles. The molecule has 0 spiro atoms. The van der Waals surface area contributed by atoms with Crippen molar-refractivity contribution in [2.45, 2.75) is 32.2 Å². The minimum Gasteiger partial charge on any atom is -0.463 e. The maximum Gasteiger partial charge on any atom is 0.338 e. The van der Waals surface area contributed by atoms with E-state index in [1.54, 1.807) is 32.2 Å². The lowest BCUT2D eigenvalue weighted by Gasteiger charge is -2.37. The van der Waals surface area contributed by atoms with Gasteiger partial charge >= 0.3 is 12.0 Å². The monoisotopic (exact) mass is 425 g/mol. The zero-order chi connectivity index (χ0) is 20.3. The van der Waals surface area contributed by atoms with E-state index in [1.807, 2.05) is 0 Å². The van der Waals surface area contributed by atoms with Crippen molar-refractivity contribution >= 4 is 35.2 Å². The molecule has 1 atom stereocenters. The molecule has 1 fully saturated rings. The van der Waals surface area contributed by atoms with Gasteiger partial charge in [0.1, 0.15) is 0 Å². The Bertz CT molecular complexity index is 791. The smallest absolute Gasteiger partial charge is 0.338 e. The van der Waals surface area contributed by atoms with Crippen LogP contribution in [0, 0.1) is 0 Å². The fourth-order valence-corrected chi connectivity index (χ4v) is 4.21. The quantitative estimate of drug-likeness (QED) is 0.724. The number of rotatable bonds is 5. The SMILES string of the molecule is CCOC(=O)C1=C(CN2CCCCC2)N(C)C(=O)N[C@@H]1c1ccc(Cl)cc1Cl. The van der Waals surface area contributed by atoms with E-state index in [4.69, 9.17) is 27.9 Å². The summed E-state index contributed by atoms with van der Waals surface area (Å²) in [5.74, 6) is -0.447. The number of amides is 2. The van der Waals surface area contributed by atoms with Gasteiger partial charge in [0.25, 0.3) is 0 Å². The zero-order valence-corrected chi connectivity index (χ0v) is 17.6. The highest BCUT2D eigenvalue weighted by Gasteiger charge is 2.38. The average molecular weight is 426 g/mol. The number of carbonyl (C=O) groups is 2. The van der Waals surface area contributed by atoms with E-state index < -0.39 is 12.0 Å². The molecular weight excluding hydrogens is 401 g/mol. The number of halogens is 2. The third-order valence-electron chi connectivity index (χ3n) is 5.17. The summed E-state index contributed by atoms with van der Waals surface area (Å²) in [5.41, 5.74) is 1.69. The first kappa shape index (κ1) is 21.0. The topological polar surface area (TPSA) is 61.9 Å². The van der Waals surface area contributed by atoms with Crippen LogP contribution in [0.4, 0.5) is 4.79 Å². The number of urea groups is 1. The van der Waals surface area contributed by atoms with Crippen LogP contribution in [0.2, 0.25) is 10.0 Å². The minimum absolute atomic E-state index is 0.248. The molecule has 152 valence electrons. The maximum atomic E-state index is 12.9. The van der Waals surface area contributed by atoms with E-state index in [9.17, 15) is 9.59 Å². The van der Waals surface area contributed by atoms with Crippen LogP contribution in [0.5, 0.6) is 0 Å². The molecule has 1 aromatic rings. The Morgan fingerprint density at radius 3 is 2.61 bits per heavy atom. The van der Waals surface area contributed by atoms with Crippen LogP contribution in [0.25, 0.3) is 0 Å². The average Bonchev–Trinajstić information content (AvgIpc) is 2.66. The Hall–Kier alpha value is -1.76. The molecule has 1 N–H and O–H groups in total. The van der Waals surface area contributed by atoms with Crippen molar-refractivity contribution in [2.24, 2.45) is 0 Å². The lowest BCUT2D eigenvalue weighted by atomic mass is 9.94. The van der Waals surface area contributed by atoms with Gasteiger partial charge in [-0.15, -0.1) is 0 Å². The molecule has 6 nitrogen and oxygen atoms in total. The van der Waals surface area contributed by atoms with Crippen LogP contribution < -0.4 is 5.32 Å². The second-order valence-corrected chi connectivity index (χ2v) is 7.87. The van der Waals surface area contributed by atoms with Gasteiger partial charge in [0.15, 0.2) is 0 Å². The molecule has 2 heterocycles. The number of hydrogen-bond donors (Lipinski definition) is 1. The van der Waals surface area contributed by atoms with Crippen LogP contribution in [0.1, 0.15) is 37.8 Å². The molecule has 0 radical (unpaired) electrons. The lowest BCUT2D eigenvalue weighted by Crippen LogP contribution is -2.49. The number of ether oxygens (including phenoxy) is 1. The minimum atomic E-state index is -0.688. The van der Waals surface area contributed by atoms with Crippen LogP contribution in [0.3, 0.4) is 0 Å². The van der Waals surface area contributed by atoms with Gasteiger partial charge in [0.2, 0.25) is 0 Å². The fraction of sp³-hybridized carbons (Fsp3) is 0.500. The highest BCUT2D eigenvalue weighted by atomic mass is 35.5. The Morgan fingerprint density at radius 2 is 1.96 bits per heavy atom. The van der Waals surface area contributed by atoms with Gasteiger partial charge in [-0.2, -0.15) is 0 Å². The normalized spacial score (nSPS) is 20.9. The maximum absolute atomic E-state index is 12.9. The Labute approximate surface area is 175 Å². The van der Waals surface area contributed by atoms with E-state index >= 15 is 0 Å². The molecule has 0 unspecified atom stereocenters. The van der Waals surface area contributed by atoms with Crippen LogP contribution >= 0.6 is 23.2 Å². The second-order valence-electron chi connectivity index (χ2n) is 7.03. The van der Waals surface area contributed by atoms with E-state index in [1.165, 1.54) is 11.3 Å². The molecule has 2 amide bonds. The van der Waals surface area contributed by atoms with Crippen molar-refractivity contribution in [3.63, 3.8) is 0 Å². The van der Waals surface area contributed by atoms with Gasteiger partial charge in [0.05, 0.1) is 18.2 Å². The number of hydrogen-bond acceptors (Lipinski definition) is 4. The van der Waals surface area contributed by atoms with E-state index in [0.29, 0.717) is 33.4 Å². The van der Waals surface area contributed by atoms with E-state index in [-0.39, 0.29) is 12.6 Å². The summed E-state index contributed by atoms with van der Waals surface area (Å²) >= 11 is 12.4. The van der Waals surface area contributed by atoms with Crippen molar-refractivity contribution in [3.8, 4) is 0 Å². The number of likely N-dealkylation sites (tertiary alicyclic amines) is 1. The molecule has 2 aliphatic rings. The largest absolute Gasteiger partial charge is 0.463 e. The summed E-state index contributed by atoms with van der Waals surface area (Å²) in [7, 11) is 1.67.